The lowest BCUT2D eigenvalue weighted by Gasteiger charge is -2.09. The van der Waals surface area contributed by atoms with Gasteiger partial charge in [-0.1, -0.05) is 5.16 Å². The molecule has 0 radical (unpaired) electrons. The van der Waals surface area contributed by atoms with E-state index in [1.165, 1.54) is 6.33 Å². The van der Waals surface area contributed by atoms with Gasteiger partial charge in [0.05, 0.1) is 0 Å². The Hall–Kier alpha value is -1.43. The van der Waals surface area contributed by atoms with Crippen molar-refractivity contribution in [3.63, 3.8) is 0 Å². The Balaban J connectivity index is 1.94. The third-order valence-electron chi connectivity index (χ3n) is 2.17. The Morgan fingerprint density at radius 2 is 2.31 bits per heavy atom. The number of carbonyl (C=O) groups excluding carboxylic acids is 1. The van der Waals surface area contributed by atoms with Gasteiger partial charge >= 0.3 is 0 Å². The molecule has 0 spiro atoms. The first-order chi connectivity index (χ1) is 7.70. The third-order valence-corrected chi connectivity index (χ3v) is 2.17. The molecule has 0 unspecified atom stereocenters. The highest BCUT2D eigenvalue weighted by molar-refractivity contribution is 5.75. The van der Waals surface area contributed by atoms with Crippen LogP contribution in [0.1, 0.15) is 18.7 Å². The predicted molar refractivity (Wildman–Crippen MR) is 58.8 cm³/mol. The summed E-state index contributed by atoms with van der Waals surface area (Å²) in [6.45, 7) is 1.62. The van der Waals surface area contributed by atoms with Gasteiger partial charge in [0.15, 0.2) is 6.33 Å². The minimum atomic E-state index is 0.165. The molecular weight excluding hydrogens is 208 g/mol. The van der Waals surface area contributed by atoms with Crippen LogP contribution in [0.25, 0.3) is 0 Å². The summed E-state index contributed by atoms with van der Waals surface area (Å²) in [5.41, 5.74) is 0. The van der Waals surface area contributed by atoms with Crippen LogP contribution in [0, 0.1) is 0 Å². The van der Waals surface area contributed by atoms with Crippen LogP contribution in [0.4, 0.5) is 0 Å². The highest BCUT2D eigenvalue weighted by atomic mass is 16.5. The van der Waals surface area contributed by atoms with E-state index < -0.39 is 0 Å². The molecule has 0 saturated heterocycles. The van der Waals surface area contributed by atoms with E-state index >= 15 is 0 Å². The fraction of sp³-hybridized carbons (Fsp3) is 0.700. The van der Waals surface area contributed by atoms with Crippen LogP contribution in [-0.4, -0.2) is 48.1 Å². The van der Waals surface area contributed by atoms with Crippen molar-refractivity contribution in [2.75, 3.05) is 27.2 Å². The van der Waals surface area contributed by atoms with Gasteiger partial charge in [0.25, 0.3) is 0 Å². The largest absolute Gasteiger partial charge is 0.349 e. The van der Waals surface area contributed by atoms with E-state index in [-0.39, 0.29) is 5.91 Å². The molecule has 16 heavy (non-hydrogen) atoms. The molecular formula is C10H18N4O2. The van der Waals surface area contributed by atoms with Crippen molar-refractivity contribution < 1.29 is 9.32 Å². The second kappa shape index (κ2) is 6.95. The highest BCUT2D eigenvalue weighted by Gasteiger charge is 2.02. The lowest BCUT2D eigenvalue weighted by Crippen LogP contribution is -2.24. The molecule has 1 N–H and O–H groups in total. The molecule has 1 aromatic heterocycles. The third kappa shape index (κ3) is 4.88. The van der Waals surface area contributed by atoms with Crippen molar-refractivity contribution in [3.8, 4) is 0 Å². The number of amides is 1. The number of hydrogen-bond acceptors (Lipinski definition) is 5. The van der Waals surface area contributed by atoms with E-state index in [1.807, 2.05) is 0 Å². The van der Waals surface area contributed by atoms with E-state index in [1.54, 1.807) is 19.0 Å². The van der Waals surface area contributed by atoms with E-state index in [0.29, 0.717) is 12.3 Å². The Bertz CT molecular complexity index is 298. The van der Waals surface area contributed by atoms with Crippen molar-refractivity contribution in [1.82, 2.24) is 20.4 Å². The van der Waals surface area contributed by atoms with Crippen LogP contribution in [0.5, 0.6) is 0 Å². The average Bonchev–Trinajstić information content (AvgIpc) is 2.75. The van der Waals surface area contributed by atoms with Gasteiger partial charge in [-0.25, -0.2) is 0 Å². The van der Waals surface area contributed by atoms with Crippen molar-refractivity contribution >= 4 is 5.91 Å². The maximum absolute atomic E-state index is 11.2. The summed E-state index contributed by atoms with van der Waals surface area (Å²) in [5.74, 6) is 0.801. The van der Waals surface area contributed by atoms with Crippen LogP contribution < -0.4 is 5.32 Å². The topological polar surface area (TPSA) is 71.3 Å². The Labute approximate surface area is 95.0 Å². The number of nitrogens with zero attached hydrogens (tertiary/aromatic N) is 3. The van der Waals surface area contributed by atoms with Crippen molar-refractivity contribution in [3.05, 3.63) is 12.2 Å². The predicted octanol–water partition coefficient (Wildman–Crippen LogP) is 0.0701. The number of hydrogen-bond donors (Lipinski definition) is 1. The lowest BCUT2D eigenvalue weighted by atomic mass is 10.3. The molecule has 6 nitrogen and oxygen atoms in total. The molecule has 1 aromatic rings. The average molecular weight is 226 g/mol. The molecule has 1 rings (SSSR count). The van der Waals surface area contributed by atoms with E-state index in [4.69, 9.17) is 4.52 Å². The molecule has 1 amide bonds. The van der Waals surface area contributed by atoms with Crippen LogP contribution in [0.2, 0.25) is 0 Å². The maximum Gasteiger partial charge on any atom is 0.227 e. The summed E-state index contributed by atoms with van der Waals surface area (Å²) >= 11 is 0. The zero-order chi connectivity index (χ0) is 11.8. The van der Waals surface area contributed by atoms with Crippen molar-refractivity contribution in [1.29, 1.82) is 0 Å². The van der Waals surface area contributed by atoms with Gasteiger partial charge in [-0.3, -0.25) is 4.79 Å². The number of nitrogens with one attached hydrogen (secondary N) is 1. The minimum Gasteiger partial charge on any atom is -0.349 e. The first kappa shape index (κ1) is 12.6. The SMILES string of the molecule is CN(C)C(=O)CCCNCCc1ncno1. The van der Waals surface area contributed by atoms with Crippen LogP contribution >= 0.6 is 0 Å². The van der Waals surface area contributed by atoms with E-state index in [9.17, 15) is 4.79 Å². The summed E-state index contributed by atoms with van der Waals surface area (Å²) in [7, 11) is 3.54. The molecule has 90 valence electrons. The zero-order valence-corrected chi connectivity index (χ0v) is 9.77. The van der Waals surface area contributed by atoms with E-state index in [2.05, 4.69) is 15.5 Å². The number of aromatic nitrogens is 2. The molecule has 0 fully saturated rings. The number of carbonyl (C=O) groups is 1. The van der Waals surface area contributed by atoms with E-state index in [0.717, 1.165) is 25.9 Å². The molecule has 0 atom stereocenters. The molecule has 6 heteroatoms. The zero-order valence-electron chi connectivity index (χ0n) is 9.77. The fourth-order valence-electron chi connectivity index (χ4n) is 1.21. The first-order valence-corrected chi connectivity index (χ1v) is 5.36. The van der Waals surface area contributed by atoms with Gasteiger partial charge in [-0.15, -0.1) is 0 Å². The summed E-state index contributed by atoms with van der Waals surface area (Å²) in [6.07, 6.45) is 3.55. The Morgan fingerprint density at radius 1 is 1.50 bits per heavy atom. The van der Waals surface area contributed by atoms with Gasteiger partial charge in [0.1, 0.15) is 0 Å². The lowest BCUT2D eigenvalue weighted by molar-refractivity contribution is -0.128. The Kier molecular flexibility index (Phi) is 5.49. The van der Waals surface area contributed by atoms with Crippen LogP contribution in [0.3, 0.4) is 0 Å². The number of rotatable bonds is 7. The molecule has 1 heterocycles. The molecule has 0 bridgehead atoms. The molecule has 0 aliphatic carbocycles. The highest BCUT2D eigenvalue weighted by Crippen LogP contribution is 1.93. The van der Waals surface area contributed by atoms with Crippen molar-refractivity contribution in [2.45, 2.75) is 19.3 Å². The summed E-state index contributed by atoms with van der Waals surface area (Å²) < 4.78 is 4.85. The summed E-state index contributed by atoms with van der Waals surface area (Å²) in [4.78, 5) is 16.7. The quantitative estimate of drug-likeness (QED) is 0.666. The maximum atomic E-state index is 11.2. The van der Waals surface area contributed by atoms with Gasteiger partial charge in [0, 0.05) is 33.5 Å². The Morgan fingerprint density at radius 3 is 2.94 bits per heavy atom. The van der Waals surface area contributed by atoms with Crippen LogP contribution in [-0.2, 0) is 11.2 Å². The molecule has 0 aliphatic heterocycles. The second-order valence-electron chi connectivity index (χ2n) is 3.73. The minimum absolute atomic E-state index is 0.165. The molecule has 0 saturated carbocycles. The van der Waals surface area contributed by atoms with Gasteiger partial charge in [-0.2, -0.15) is 4.98 Å². The smallest absolute Gasteiger partial charge is 0.227 e. The van der Waals surface area contributed by atoms with Gasteiger partial charge in [0.2, 0.25) is 11.8 Å². The van der Waals surface area contributed by atoms with Crippen molar-refractivity contribution in [2.24, 2.45) is 0 Å². The standard InChI is InChI=1S/C10H18N4O2/c1-14(2)10(15)4-3-6-11-7-5-9-12-8-13-16-9/h8,11H,3-7H2,1-2H3. The normalized spacial score (nSPS) is 10.4. The fourth-order valence-corrected chi connectivity index (χ4v) is 1.21. The summed E-state index contributed by atoms with van der Waals surface area (Å²) in [6, 6.07) is 0. The monoisotopic (exact) mass is 226 g/mol. The van der Waals surface area contributed by atoms with Gasteiger partial charge in [-0.05, 0) is 13.0 Å². The second-order valence-corrected chi connectivity index (χ2v) is 3.73. The molecule has 0 aliphatic rings. The molecule has 0 aromatic carbocycles. The van der Waals surface area contributed by atoms with Gasteiger partial charge < -0.3 is 14.7 Å². The van der Waals surface area contributed by atoms with Crippen LogP contribution in [0.15, 0.2) is 10.9 Å². The first-order valence-electron chi connectivity index (χ1n) is 5.36. The summed E-state index contributed by atoms with van der Waals surface area (Å²) in [5, 5.41) is 6.74.